The minimum atomic E-state index is -1.42. The topological polar surface area (TPSA) is 0 Å². The fourth-order valence-corrected chi connectivity index (χ4v) is 3.52. The number of rotatable bonds is 3. The second kappa shape index (κ2) is 4.52. The van der Waals surface area contributed by atoms with Gasteiger partial charge in [-0.2, -0.15) is 0 Å². The highest BCUT2D eigenvalue weighted by molar-refractivity contribution is 14.1. The lowest BCUT2D eigenvalue weighted by molar-refractivity contribution is 0.881. The van der Waals surface area contributed by atoms with Crippen molar-refractivity contribution in [3.05, 3.63) is 0 Å². The molecule has 0 nitrogen and oxygen atoms in total. The van der Waals surface area contributed by atoms with Gasteiger partial charge in [0, 0.05) is 0 Å². The maximum atomic E-state index is 5.95. The Morgan fingerprint density at radius 1 is 1.75 bits per heavy atom. The summed E-state index contributed by atoms with van der Waals surface area (Å²) in [6.45, 7) is 2.18. The largest absolute Gasteiger partial charge is 0.287 e. The molecule has 0 aliphatic carbocycles. The second-order valence-corrected chi connectivity index (χ2v) is 22.7. The van der Waals surface area contributed by atoms with E-state index in [-0.39, 0.29) is 0 Å². The van der Waals surface area contributed by atoms with Crippen molar-refractivity contribution in [2.45, 2.75) is 25.8 Å². The molecule has 0 aromatic carbocycles. The highest BCUT2D eigenvalue weighted by atomic mass is 127. The molecule has 0 radical (unpaired) electrons. The minimum absolute atomic E-state index is 1.17. The Hall–Kier alpha value is 1.72. The van der Waals surface area contributed by atoms with Crippen LogP contribution in [-0.4, -0.2) is 3.50 Å². The summed E-state index contributed by atoms with van der Waals surface area (Å²) in [5.74, 6) is 0. The molecule has 8 heavy (non-hydrogen) atoms. The standard InChI is InChI=1S/C4H9BrClISi/c1-2-3-4-8(5,6)7/h2-4H2,1H3. The van der Waals surface area contributed by atoms with Crippen molar-refractivity contribution in [3.8, 4) is 0 Å². The minimum Gasteiger partial charge on any atom is -0.138 e. The zero-order valence-electron chi connectivity index (χ0n) is 4.76. The van der Waals surface area contributed by atoms with Crippen LogP contribution in [0.25, 0.3) is 0 Å². The monoisotopic (exact) mass is 326 g/mol. The van der Waals surface area contributed by atoms with Gasteiger partial charge in [0.05, 0.1) is 0 Å². The van der Waals surface area contributed by atoms with E-state index < -0.39 is 3.50 Å². The van der Waals surface area contributed by atoms with E-state index in [9.17, 15) is 0 Å². The molecule has 0 aromatic rings. The van der Waals surface area contributed by atoms with Gasteiger partial charge in [-0.15, -0.1) is 11.1 Å². The summed E-state index contributed by atoms with van der Waals surface area (Å²) in [6.07, 6.45) is 2.50. The van der Waals surface area contributed by atoms with Gasteiger partial charge in [-0.1, -0.05) is 56.9 Å². The zero-order chi connectivity index (χ0) is 6.62. The summed E-state index contributed by atoms with van der Waals surface area (Å²) in [4.78, 5) is 0. The molecule has 0 aromatic heterocycles. The first-order valence-corrected chi connectivity index (χ1v) is 11.2. The van der Waals surface area contributed by atoms with Crippen LogP contribution < -0.4 is 0 Å². The molecule has 0 amide bonds. The third-order valence-electron chi connectivity index (χ3n) is 0.814. The number of hydrogen-bond donors (Lipinski definition) is 0. The third-order valence-corrected chi connectivity index (χ3v) is 5.11. The Balaban J connectivity index is 3.11. The molecule has 4 heteroatoms. The SMILES string of the molecule is CCCC[Si](Cl)(Br)I. The van der Waals surface area contributed by atoms with E-state index in [2.05, 4.69) is 44.0 Å². The van der Waals surface area contributed by atoms with E-state index in [1.807, 2.05) is 0 Å². The number of hydrogen-bond acceptors (Lipinski definition) is 0. The van der Waals surface area contributed by atoms with E-state index in [1.165, 1.54) is 18.9 Å². The summed E-state index contributed by atoms with van der Waals surface area (Å²) < 4.78 is -1.42. The Kier molecular flexibility index (Phi) is 5.49. The van der Waals surface area contributed by atoms with Crippen LogP contribution in [0.4, 0.5) is 0 Å². The lowest BCUT2D eigenvalue weighted by atomic mass is 10.4. The number of unbranched alkanes of at least 4 members (excludes halogenated alkanes) is 1. The fourth-order valence-electron chi connectivity index (χ4n) is 0.377. The second-order valence-electron chi connectivity index (χ2n) is 1.72. The van der Waals surface area contributed by atoms with Gasteiger partial charge in [-0.05, 0) is 6.04 Å². The van der Waals surface area contributed by atoms with Crippen molar-refractivity contribution >= 4 is 51.7 Å². The first-order chi connectivity index (χ1) is 3.56. The van der Waals surface area contributed by atoms with E-state index in [0.717, 1.165) is 0 Å². The maximum Gasteiger partial charge on any atom is 0.287 e. The summed E-state index contributed by atoms with van der Waals surface area (Å²) in [6, 6.07) is 1.17. The molecule has 1 unspecified atom stereocenters. The van der Waals surface area contributed by atoms with Crippen LogP contribution in [-0.2, 0) is 0 Å². The number of halogens is 3. The Bertz CT molecular complexity index is 63.5. The maximum absolute atomic E-state index is 5.95. The highest BCUT2D eigenvalue weighted by Gasteiger charge is 2.20. The molecular formula is C4H9BrClISi. The third kappa shape index (κ3) is 7.72. The normalized spacial score (nSPS) is 18.0. The summed E-state index contributed by atoms with van der Waals surface area (Å²) >= 11 is 11.7. The van der Waals surface area contributed by atoms with Crippen LogP contribution in [0.2, 0.25) is 6.04 Å². The molecule has 0 aliphatic rings. The Labute approximate surface area is 76.9 Å². The van der Waals surface area contributed by atoms with Gasteiger partial charge >= 0.3 is 0 Å². The molecule has 0 N–H and O–H groups in total. The smallest absolute Gasteiger partial charge is 0.138 e. The molecule has 0 heterocycles. The van der Waals surface area contributed by atoms with Crippen molar-refractivity contribution in [1.82, 2.24) is 0 Å². The zero-order valence-corrected chi connectivity index (χ0v) is 10.3. The van der Waals surface area contributed by atoms with Gasteiger partial charge in [-0.3, -0.25) is 0 Å². The van der Waals surface area contributed by atoms with E-state index in [1.54, 1.807) is 0 Å². The average molecular weight is 327 g/mol. The average Bonchev–Trinajstić information content (AvgIpc) is 1.59. The van der Waals surface area contributed by atoms with Crippen molar-refractivity contribution in [3.63, 3.8) is 0 Å². The Morgan fingerprint density at radius 2 is 2.25 bits per heavy atom. The van der Waals surface area contributed by atoms with Crippen LogP contribution in [0.1, 0.15) is 19.8 Å². The van der Waals surface area contributed by atoms with E-state index in [4.69, 9.17) is 11.1 Å². The molecule has 0 aliphatic heterocycles. The first kappa shape index (κ1) is 9.72. The van der Waals surface area contributed by atoms with Crippen molar-refractivity contribution in [2.24, 2.45) is 0 Å². The summed E-state index contributed by atoms with van der Waals surface area (Å²) in [7, 11) is 0. The van der Waals surface area contributed by atoms with Gasteiger partial charge < -0.3 is 0 Å². The molecule has 0 spiro atoms. The predicted octanol–water partition coefficient (Wildman–Crippen LogP) is 3.79. The molecule has 50 valence electrons. The molecule has 0 saturated heterocycles. The molecule has 0 bridgehead atoms. The molecular weight excluding hydrogens is 318 g/mol. The quantitative estimate of drug-likeness (QED) is 0.420. The molecule has 0 saturated carbocycles. The van der Waals surface area contributed by atoms with Crippen molar-refractivity contribution in [1.29, 1.82) is 0 Å². The highest BCUT2D eigenvalue weighted by Crippen LogP contribution is 2.31. The predicted molar refractivity (Wildman–Crippen MR) is 54.3 cm³/mol. The fraction of sp³-hybridized carbons (Fsp3) is 1.00. The molecule has 1 atom stereocenters. The Morgan fingerprint density at radius 3 is 2.38 bits per heavy atom. The first-order valence-electron chi connectivity index (χ1n) is 2.63. The van der Waals surface area contributed by atoms with E-state index >= 15 is 0 Å². The van der Waals surface area contributed by atoms with Gasteiger partial charge in [-0.25, -0.2) is 0 Å². The van der Waals surface area contributed by atoms with Crippen molar-refractivity contribution < 1.29 is 0 Å². The lowest BCUT2D eigenvalue weighted by Gasteiger charge is -2.05. The van der Waals surface area contributed by atoms with Crippen LogP contribution in [0.3, 0.4) is 0 Å². The lowest BCUT2D eigenvalue weighted by Crippen LogP contribution is -2.04. The van der Waals surface area contributed by atoms with Crippen LogP contribution in [0, 0.1) is 0 Å². The van der Waals surface area contributed by atoms with Crippen LogP contribution in [0.5, 0.6) is 0 Å². The molecule has 0 rings (SSSR count). The van der Waals surface area contributed by atoms with Crippen LogP contribution in [0.15, 0.2) is 0 Å². The van der Waals surface area contributed by atoms with E-state index in [0.29, 0.717) is 0 Å². The van der Waals surface area contributed by atoms with Gasteiger partial charge in [0.2, 0.25) is 0 Å². The summed E-state index contributed by atoms with van der Waals surface area (Å²) in [5, 5.41) is 0. The summed E-state index contributed by atoms with van der Waals surface area (Å²) in [5.41, 5.74) is 0. The van der Waals surface area contributed by atoms with Gasteiger partial charge in [0.1, 0.15) is 0 Å². The van der Waals surface area contributed by atoms with Gasteiger partial charge in [0.25, 0.3) is 3.50 Å². The van der Waals surface area contributed by atoms with Crippen LogP contribution >= 0.6 is 48.2 Å². The van der Waals surface area contributed by atoms with Gasteiger partial charge in [0.15, 0.2) is 0 Å². The van der Waals surface area contributed by atoms with Crippen molar-refractivity contribution in [2.75, 3.05) is 0 Å². The molecule has 0 fully saturated rings.